The Morgan fingerprint density at radius 3 is 2.55 bits per heavy atom. The topological polar surface area (TPSA) is 65.3 Å². The van der Waals surface area contributed by atoms with E-state index in [9.17, 15) is 18.7 Å². The van der Waals surface area contributed by atoms with Crippen molar-refractivity contribution in [2.24, 2.45) is 21.6 Å². The molecule has 2 aliphatic heterocycles. The summed E-state index contributed by atoms with van der Waals surface area (Å²) in [7, 11) is 0. The van der Waals surface area contributed by atoms with Gasteiger partial charge >= 0.3 is 0 Å². The average Bonchev–Trinajstić information content (AvgIpc) is 3.05. The van der Waals surface area contributed by atoms with Crippen molar-refractivity contribution in [2.45, 2.75) is 32.2 Å². The molecule has 160 valence electrons. The van der Waals surface area contributed by atoms with Gasteiger partial charge in [0.1, 0.15) is 22.9 Å². The summed E-state index contributed by atoms with van der Waals surface area (Å²) in [5.41, 5.74) is 1.81. The number of aromatic hydroxyl groups is 1. The van der Waals surface area contributed by atoms with Crippen LogP contribution in [0, 0.1) is 29.9 Å². The van der Waals surface area contributed by atoms with E-state index in [0.717, 1.165) is 35.7 Å². The first-order valence-electron chi connectivity index (χ1n) is 10.4. The van der Waals surface area contributed by atoms with Crippen LogP contribution in [0.15, 0.2) is 58.4 Å². The summed E-state index contributed by atoms with van der Waals surface area (Å²) in [6.45, 7) is 4.92. The lowest BCUT2D eigenvalue weighted by Crippen LogP contribution is -2.65. The number of nitrogens with zero attached hydrogens (tertiary/aromatic N) is 3. The fourth-order valence-corrected chi connectivity index (χ4v) is 5.42. The number of halogens is 2. The Morgan fingerprint density at radius 2 is 1.87 bits per heavy atom. The second kappa shape index (κ2) is 6.70. The molecule has 1 atom stereocenters. The van der Waals surface area contributed by atoms with Gasteiger partial charge in [-0.1, -0.05) is 6.07 Å². The first-order chi connectivity index (χ1) is 14.7. The summed E-state index contributed by atoms with van der Waals surface area (Å²) in [5.74, 6) is -1.32. The summed E-state index contributed by atoms with van der Waals surface area (Å²) in [4.78, 5) is 14.3. The molecule has 5 rings (SSSR count). The first kappa shape index (κ1) is 19.8. The highest BCUT2D eigenvalue weighted by Gasteiger charge is 2.60. The van der Waals surface area contributed by atoms with Crippen LogP contribution in [-0.2, 0) is 5.54 Å². The number of carbonyl (C=O) groups is 1. The summed E-state index contributed by atoms with van der Waals surface area (Å²) < 4.78 is 28.1. The monoisotopic (exact) mass is 423 g/mol. The molecule has 1 saturated carbocycles. The molecule has 2 heterocycles. The van der Waals surface area contributed by atoms with E-state index in [1.807, 2.05) is 19.9 Å². The van der Waals surface area contributed by atoms with Crippen molar-refractivity contribution in [1.82, 2.24) is 4.90 Å². The van der Waals surface area contributed by atoms with Gasteiger partial charge in [0.2, 0.25) is 0 Å². The van der Waals surface area contributed by atoms with Crippen molar-refractivity contribution < 1.29 is 18.7 Å². The second-order valence-corrected chi connectivity index (χ2v) is 9.20. The van der Waals surface area contributed by atoms with E-state index in [2.05, 4.69) is 10.2 Å². The number of amides is 1. The standard InChI is InChI=1S/C24H23F2N3O2/c1-14-3-4-17(25)7-20(14)24(9-15(2)27-28-24)16-10-23(11-16)12-29(13-23)22(31)19-8-18(30)5-6-21(19)26/h3-9,16,30H,10-13H2,1-2H3. The number of rotatable bonds is 3. The number of allylic oxidation sites excluding steroid dienone is 1. The average molecular weight is 423 g/mol. The zero-order chi connectivity index (χ0) is 22.0. The summed E-state index contributed by atoms with van der Waals surface area (Å²) in [5, 5.41) is 18.4. The third-order valence-electron chi connectivity index (χ3n) is 6.93. The first-order valence-corrected chi connectivity index (χ1v) is 10.4. The smallest absolute Gasteiger partial charge is 0.257 e. The van der Waals surface area contributed by atoms with Crippen molar-refractivity contribution in [3.63, 3.8) is 0 Å². The molecule has 5 nitrogen and oxygen atoms in total. The van der Waals surface area contributed by atoms with Gasteiger partial charge in [-0.05, 0) is 80.1 Å². The van der Waals surface area contributed by atoms with Gasteiger partial charge in [-0.3, -0.25) is 4.79 Å². The summed E-state index contributed by atoms with van der Waals surface area (Å²) in [6, 6.07) is 8.26. The van der Waals surface area contributed by atoms with Crippen LogP contribution in [0.3, 0.4) is 0 Å². The number of likely N-dealkylation sites (tertiary alicyclic amines) is 1. The van der Waals surface area contributed by atoms with Crippen molar-refractivity contribution in [1.29, 1.82) is 0 Å². The minimum atomic E-state index is -0.677. The summed E-state index contributed by atoms with van der Waals surface area (Å²) in [6.07, 6.45) is 3.69. The molecule has 2 fully saturated rings. The van der Waals surface area contributed by atoms with Gasteiger partial charge in [0.25, 0.3) is 5.91 Å². The Labute approximate surface area is 179 Å². The van der Waals surface area contributed by atoms with Gasteiger partial charge in [-0.2, -0.15) is 10.2 Å². The molecule has 1 saturated heterocycles. The van der Waals surface area contributed by atoms with Crippen molar-refractivity contribution in [3.05, 3.63) is 76.5 Å². The number of hydrogen-bond acceptors (Lipinski definition) is 4. The molecule has 1 unspecified atom stereocenters. The van der Waals surface area contributed by atoms with Crippen LogP contribution < -0.4 is 0 Å². The molecule has 1 spiro atoms. The fourth-order valence-electron chi connectivity index (χ4n) is 5.42. The molecule has 3 aliphatic rings. The number of hydrogen-bond donors (Lipinski definition) is 1. The normalized spacial score (nSPS) is 24.1. The van der Waals surface area contributed by atoms with E-state index in [1.165, 1.54) is 18.2 Å². The number of phenols is 1. The third kappa shape index (κ3) is 3.06. The molecule has 1 aliphatic carbocycles. The van der Waals surface area contributed by atoms with E-state index in [-0.39, 0.29) is 28.5 Å². The van der Waals surface area contributed by atoms with Gasteiger partial charge in [0, 0.05) is 18.5 Å². The quantitative estimate of drug-likeness (QED) is 0.747. The maximum absolute atomic E-state index is 14.1. The van der Waals surface area contributed by atoms with Gasteiger partial charge in [-0.25, -0.2) is 8.78 Å². The highest BCUT2D eigenvalue weighted by Crippen LogP contribution is 2.60. The highest BCUT2D eigenvalue weighted by atomic mass is 19.1. The van der Waals surface area contributed by atoms with E-state index in [0.29, 0.717) is 13.1 Å². The molecule has 0 radical (unpaired) electrons. The van der Waals surface area contributed by atoms with E-state index >= 15 is 0 Å². The molecule has 31 heavy (non-hydrogen) atoms. The van der Waals surface area contributed by atoms with Crippen LogP contribution in [-0.4, -0.2) is 29.0 Å². The predicted octanol–water partition coefficient (Wildman–Crippen LogP) is 5.10. The Bertz CT molecular complexity index is 1150. The summed E-state index contributed by atoms with van der Waals surface area (Å²) >= 11 is 0. The minimum Gasteiger partial charge on any atom is -0.508 e. The van der Waals surface area contributed by atoms with Crippen LogP contribution in [0.4, 0.5) is 8.78 Å². The van der Waals surface area contributed by atoms with Crippen molar-refractivity contribution in [2.75, 3.05) is 13.1 Å². The molecule has 1 amide bonds. The molecule has 0 aromatic heterocycles. The molecular formula is C24H23F2N3O2. The Kier molecular flexibility index (Phi) is 4.29. The van der Waals surface area contributed by atoms with Crippen LogP contribution in [0.25, 0.3) is 0 Å². The van der Waals surface area contributed by atoms with Crippen LogP contribution in [0.5, 0.6) is 5.75 Å². The van der Waals surface area contributed by atoms with Gasteiger partial charge in [0.05, 0.1) is 11.3 Å². The zero-order valence-electron chi connectivity index (χ0n) is 17.4. The van der Waals surface area contributed by atoms with E-state index in [4.69, 9.17) is 0 Å². The van der Waals surface area contributed by atoms with Crippen LogP contribution >= 0.6 is 0 Å². The van der Waals surface area contributed by atoms with Crippen LogP contribution in [0.2, 0.25) is 0 Å². The maximum atomic E-state index is 14.1. The number of benzene rings is 2. The Balaban J connectivity index is 1.33. The van der Waals surface area contributed by atoms with Gasteiger partial charge < -0.3 is 10.0 Å². The number of phenolic OH excluding ortho intramolecular Hbond substituents is 1. The fraction of sp³-hybridized carbons (Fsp3) is 0.375. The zero-order valence-corrected chi connectivity index (χ0v) is 17.4. The number of azo groups is 1. The van der Waals surface area contributed by atoms with Gasteiger partial charge in [0.15, 0.2) is 0 Å². The maximum Gasteiger partial charge on any atom is 0.257 e. The Hall–Kier alpha value is -3.09. The lowest BCUT2D eigenvalue weighted by Gasteiger charge is -2.61. The molecule has 7 heteroatoms. The van der Waals surface area contributed by atoms with E-state index in [1.54, 1.807) is 17.0 Å². The lowest BCUT2D eigenvalue weighted by molar-refractivity contribution is -0.0925. The molecule has 0 bridgehead atoms. The highest BCUT2D eigenvalue weighted by molar-refractivity contribution is 5.95. The molecule has 2 aromatic rings. The number of aryl methyl sites for hydroxylation is 1. The number of carbonyl (C=O) groups excluding carboxylic acids is 1. The molecule has 1 N–H and O–H groups in total. The SMILES string of the molecule is CC1=CC(c2cc(F)ccc2C)(C2CC3(C2)CN(C(=O)c2cc(O)ccc2F)C3)N=N1. The second-order valence-electron chi connectivity index (χ2n) is 9.20. The minimum absolute atomic E-state index is 0.0261. The van der Waals surface area contributed by atoms with E-state index < -0.39 is 17.3 Å². The molecule has 2 aromatic carbocycles. The predicted molar refractivity (Wildman–Crippen MR) is 111 cm³/mol. The Morgan fingerprint density at radius 1 is 1.13 bits per heavy atom. The molecular weight excluding hydrogens is 400 g/mol. The van der Waals surface area contributed by atoms with Crippen molar-refractivity contribution in [3.8, 4) is 5.75 Å². The van der Waals surface area contributed by atoms with Gasteiger partial charge in [-0.15, -0.1) is 0 Å². The lowest BCUT2D eigenvalue weighted by atomic mass is 9.51. The third-order valence-corrected chi connectivity index (χ3v) is 6.93. The van der Waals surface area contributed by atoms with Crippen molar-refractivity contribution >= 4 is 5.91 Å². The largest absolute Gasteiger partial charge is 0.508 e. The van der Waals surface area contributed by atoms with Crippen LogP contribution in [0.1, 0.15) is 41.3 Å².